The van der Waals surface area contributed by atoms with Crippen LogP contribution in [0.15, 0.2) is 30.5 Å². The van der Waals surface area contributed by atoms with Gasteiger partial charge in [-0.2, -0.15) is 5.10 Å². The number of carboxylic acid groups (broad SMARTS) is 1. The first-order valence-corrected chi connectivity index (χ1v) is 7.07. The van der Waals surface area contributed by atoms with Crippen molar-refractivity contribution in [3.63, 3.8) is 0 Å². The molecule has 0 aliphatic heterocycles. The molecule has 0 saturated heterocycles. The molecule has 20 heavy (non-hydrogen) atoms. The second-order valence-electron chi connectivity index (χ2n) is 5.29. The minimum absolute atomic E-state index is 0.262. The molecule has 0 amide bonds. The van der Waals surface area contributed by atoms with Crippen molar-refractivity contribution in [1.29, 1.82) is 0 Å². The second kappa shape index (κ2) is 5.12. The summed E-state index contributed by atoms with van der Waals surface area (Å²) < 4.78 is 1.99. The topological polar surface area (TPSA) is 55.1 Å². The number of rotatable bonds is 3. The Hall–Kier alpha value is -2.10. The molecule has 0 fully saturated rings. The average molecular weight is 270 g/mol. The van der Waals surface area contributed by atoms with E-state index in [0.29, 0.717) is 12.8 Å². The summed E-state index contributed by atoms with van der Waals surface area (Å²) in [4.78, 5) is 11.1. The number of nitrogens with zero attached hydrogens (tertiary/aromatic N) is 2. The number of hydrogen-bond acceptors (Lipinski definition) is 2. The zero-order chi connectivity index (χ0) is 14.1. The summed E-state index contributed by atoms with van der Waals surface area (Å²) in [6.45, 7) is 2.13. The van der Waals surface area contributed by atoms with Crippen LogP contribution in [0.4, 0.5) is 0 Å². The number of hydrogen-bond donors (Lipinski definition) is 1. The standard InChI is InChI=1S/C16H18N2O2/c1-2-11-5-3-4-6-14(11)18-15-8-7-12(16(19)20)9-13(15)10-17-18/h3-6,10,12H,2,7-9H2,1H3,(H,19,20). The first-order valence-electron chi connectivity index (χ1n) is 7.07. The summed E-state index contributed by atoms with van der Waals surface area (Å²) in [6.07, 6.45) is 4.87. The molecule has 1 aromatic carbocycles. The van der Waals surface area contributed by atoms with Gasteiger partial charge >= 0.3 is 5.97 Å². The number of aromatic nitrogens is 2. The van der Waals surface area contributed by atoms with Gasteiger partial charge in [0, 0.05) is 5.69 Å². The van der Waals surface area contributed by atoms with Crippen LogP contribution < -0.4 is 0 Å². The van der Waals surface area contributed by atoms with E-state index in [4.69, 9.17) is 5.11 Å². The van der Waals surface area contributed by atoms with Gasteiger partial charge in [-0.15, -0.1) is 0 Å². The molecule has 1 aliphatic rings. The van der Waals surface area contributed by atoms with Gasteiger partial charge in [0.25, 0.3) is 0 Å². The Labute approximate surface area is 118 Å². The van der Waals surface area contributed by atoms with Crippen LogP contribution in [-0.4, -0.2) is 20.9 Å². The molecular formula is C16H18N2O2. The maximum absolute atomic E-state index is 11.1. The molecule has 1 N–H and O–H groups in total. The van der Waals surface area contributed by atoms with Crippen molar-refractivity contribution in [2.45, 2.75) is 32.6 Å². The largest absolute Gasteiger partial charge is 0.481 e. The predicted octanol–water partition coefficient (Wildman–Crippen LogP) is 2.62. The van der Waals surface area contributed by atoms with Crippen molar-refractivity contribution in [3.8, 4) is 5.69 Å². The molecule has 1 aliphatic carbocycles. The highest BCUT2D eigenvalue weighted by Crippen LogP contribution is 2.28. The Morgan fingerprint density at radius 1 is 1.45 bits per heavy atom. The molecular weight excluding hydrogens is 252 g/mol. The van der Waals surface area contributed by atoms with Crippen LogP contribution >= 0.6 is 0 Å². The maximum atomic E-state index is 11.1. The fraction of sp³-hybridized carbons (Fsp3) is 0.375. The first-order chi connectivity index (χ1) is 9.70. The molecule has 0 saturated carbocycles. The Bertz CT molecular complexity index is 646. The van der Waals surface area contributed by atoms with Gasteiger partial charge in [0.15, 0.2) is 0 Å². The molecule has 0 spiro atoms. The van der Waals surface area contributed by atoms with E-state index in [0.717, 1.165) is 24.1 Å². The van der Waals surface area contributed by atoms with Crippen molar-refractivity contribution in [1.82, 2.24) is 9.78 Å². The van der Waals surface area contributed by atoms with Gasteiger partial charge in [0.1, 0.15) is 0 Å². The van der Waals surface area contributed by atoms with E-state index in [9.17, 15) is 4.79 Å². The molecule has 104 valence electrons. The van der Waals surface area contributed by atoms with Crippen molar-refractivity contribution in [2.75, 3.05) is 0 Å². The fourth-order valence-corrected chi connectivity index (χ4v) is 2.96. The van der Waals surface area contributed by atoms with Gasteiger partial charge in [-0.25, -0.2) is 4.68 Å². The lowest BCUT2D eigenvalue weighted by Gasteiger charge is -2.20. The molecule has 0 radical (unpaired) electrons. The number of para-hydroxylation sites is 1. The highest BCUT2D eigenvalue weighted by atomic mass is 16.4. The summed E-state index contributed by atoms with van der Waals surface area (Å²) in [5.74, 6) is -0.959. The van der Waals surface area contributed by atoms with E-state index in [-0.39, 0.29) is 5.92 Å². The number of fused-ring (bicyclic) bond motifs is 1. The molecule has 1 atom stereocenters. The number of aliphatic carboxylic acids is 1. The number of carbonyl (C=O) groups is 1. The van der Waals surface area contributed by atoms with E-state index in [2.05, 4.69) is 24.2 Å². The zero-order valence-corrected chi connectivity index (χ0v) is 11.5. The van der Waals surface area contributed by atoms with Crippen LogP contribution in [0.1, 0.15) is 30.2 Å². The molecule has 1 aromatic heterocycles. The molecule has 4 heteroatoms. The van der Waals surface area contributed by atoms with Crippen LogP contribution in [0.2, 0.25) is 0 Å². The third-order valence-corrected chi connectivity index (χ3v) is 4.10. The molecule has 3 rings (SSSR count). The molecule has 2 aromatic rings. The molecule has 4 nitrogen and oxygen atoms in total. The lowest BCUT2D eigenvalue weighted by Crippen LogP contribution is -2.22. The van der Waals surface area contributed by atoms with Gasteiger partial charge in [-0.3, -0.25) is 4.79 Å². The summed E-state index contributed by atoms with van der Waals surface area (Å²) in [5, 5.41) is 13.6. The molecule has 1 heterocycles. The van der Waals surface area contributed by atoms with E-state index in [1.54, 1.807) is 0 Å². The first kappa shape index (κ1) is 12.9. The lowest BCUT2D eigenvalue weighted by molar-refractivity contribution is -0.142. The van der Waals surface area contributed by atoms with Crippen LogP contribution in [0, 0.1) is 5.92 Å². The van der Waals surface area contributed by atoms with Crippen molar-refractivity contribution in [3.05, 3.63) is 47.3 Å². The SMILES string of the molecule is CCc1ccccc1-n1ncc2c1CCC(C(=O)O)C2. The summed E-state index contributed by atoms with van der Waals surface area (Å²) in [7, 11) is 0. The van der Waals surface area contributed by atoms with Crippen LogP contribution in [0.5, 0.6) is 0 Å². The maximum Gasteiger partial charge on any atom is 0.306 e. The van der Waals surface area contributed by atoms with Gasteiger partial charge < -0.3 is 5.11 Å². The van der Waals surface area contributed by atoms with E-state index in [1.807, 2.05) is 23.0 Å². The van der Waals surface area contributed by atoms with Gasteiger partial charge in [0.05, 0.1) is 17.8 Å². The van der Waals surface area contributed by atoms with E-state index in [1.165, 1.54) is 11.3 Å². The number of aryl methyl sites for hydroxylation is 1. The third kappa shape index (κ3) is 2.11. The zero-order valence-electron chi connectivity index (χ0n) is 11.5. The van der Waals surface area contributed by atoms with E-state index >= 15 is 0 Å². The Kier molecular flexibility index (Phi) is 3.30. The van der Waals surface area contributed by atoms with Crippen molar-refractivity contribution >= 4 is 5.97 Å². The summed E-state index contributed by atoms with van der Waals surface area (Å²) in [6, 6.07) is 8.26. The quantitative estimate of drug-likeness (QED) is 0.932. The van der Waals surface area contributed by atoms with Gasteiger partial charge in [-0.05, 0) is 42.9 Å². The average Bonchev–Trinajstić information content (AvgIpc) is 2.89. The van der Waals surface area contributed by atoms with E-state index < -0.39 is 5.97 Å². The molecule has 0 bridgehead atoms. The van der Waals surface area contributed by atoms with Crippen LogP contribution in [-0.2, 0) is 24.1 Å². The highest BCUT2D eigenvalue weighted by molar-refractivity contribution is 5.71. The van der Waals surface area contributed by atoms with Crippen molar-refractivity contribution < 1.29 is 9.90 Å². The monoisotopic (exact) mass is 270 g/mol. The highest BCUT2D eigenvalue weighted by Gasteiger charge is 2.27. The van der Waals surface area contributed by atoms with Gasteiger partial charge in [0.2, 0.25) is 0 Å². The minimum atomic E-state index is -0.697. The molecule has 1 unspecified atom stereocenters. The predicted molar refractivity (Wildman–Crippen MR) is 76.1 cm³/mol. The third-order valence-electron chi connectivity index (χ3n) is 4.10. The smallest absolute Gasteiger partial charge is 0.306 e. The second-order valence-corrected chi connectivity index (χ2v) is 5.29. The Morgan fingerprint density at radius 3 is 3.00 bits per heavy atom. The fourth-order valence-electron chi connectivity index (χ4n) is 2.96. The normalized spacial score (nSPS) is 17.8. The van der Waals surface area contributed by atoms with Crippen LogP contribution in [0.25, 0.3) is 5.69 Å². The van der Waals surface area contributed by atoms with Crippen LogP contribution in [0.3, 0.4) is 0 Å². The summed E-state index contributed by atoms with van der Waals surface area (Å²) >= 11 is 0. The minimum Gasteiger partial charge on any atom is -0.481 e. The Balaban J connectivity index is 2.00. The number of benzene rings is 1. The summed E-state index contributed by atoms with van der Waals surface area (Å²) in [5.41, 5.74) is 4.63. The van der Waals surface area contributed by atoms with Gasteiger partial charge in [-0.1, -0.05) is 25.1 Å². The number of carboxylic acids is 1. The lowest BCUT2D eigenvalue weighted by atomic mass is 9.88. The Morgan fingerprint density at radius 2 is 2.25 bits per heavy atom. The van der Waals surface area contributed by atoms with Crippen molar-refractivity contribution in [2.24, 2.45) is 5.92 Å².